The van der Waals surface area contributed by atoms with Crippen molar-refractivity contribution >= 4 is 73.0 Å². The molecule has 0 saturated carbocycles. The van der Waals surface area contributed by atoms with Crippen molar-refractivity contribution in [2.24, 2.45) is 0 Å². The highest BCUT2D eigenvalue weighted by molar-refractivity contribution is 8.00. The zero-order valence-electron chi connectivity index (χ0n) is 18.0. The Morgan fingerprint density at radius 2 is 1.66 bits per heavy atom. The number of benzene rings is 3. The summed E-state index contributed by atoms with van der Waals surface area (Å²) in [5.41, 5.74) is 1.27. The van der Waals surface area contributed by atoms with E-state index >= 15 is 0 Å². The molecular weight excluding hydrogens is 547 g/mol. The van der Waals surface area contributed by atoms with Gasteiger partial charge in [0, 0.05) is 10.8 Å². The van der Waals surface area contributed by atoms with Crippen molar-refractivity contribution in [3.05, 3.63) is 94.5 Å². The number of nitrogens with zero attached hydrogens (tertiary/aromatic N) is 3. The molecule has 0 aliphatic rings. The number of halogens is 2. The predicted octanol–water partition coefficient (Wildman–Crippen LogP) is 5.97. The summed E-state index contributed by atoms with van der Waals surface area (Å²) in [6.45, 7) is -0.523. The minimum atomic E-state index is -4.10. The fraction of sp³-hybridized carbons (Fsp3) is 0.0870. The highest BCUT2D eigenvalue weighted by Crippen LogP contribution is 2.33. The predicted molar refractivity (Wildman–Crippen MR) is 142 cm³/mol. The summed E-state index contributed by atoms with van der Waals surface area (Å²) in [4.78, 5) is 12.9. The molecule has 4 aromatic rings. The van der Waals surface area contributed by atoms with Gasteiger partial charge in [-0.2, -0.15) is 0 Å². The summed E-state index contributed by atoms with van der Waals surface area (Å²) in [5, 5.41) is 11.4. The second kappa shape index (κ2) is 11.4. The Morgan fingerprint density at radius 3 is 2.34 bits per heavy atom. The third-order valence-electron chi connectivity index (χ3n) is 4.65. The maximum Gasteiger partial charge on any atom is 0.264 e. The Morgan fingerprint density at radius 1 is 0.971 bits per heavy atom. The van der Waals surface area contributed by atoms with Gasteiger partial charge in [-0.25, -0.2) is 8.42 Å². The molecule has 0 spiro atoms. The molecule has 0 aliphatic carbocycles. The Balaban J connectivity index is 1.51. The summed E-state index contributed by atoms with van der Waals surface area (Å²) in [5.74, 6) is 0.118. The Kier molecular flexibility index (Phi) is 8.30. The highest BCUT2D eigenvalue weighted by atomic mass is 35.5. The van der Waals surface area contributed by atoms with Gasteiger partial charge in [0.25, 0.3) is 10.0 Å². The molecule has 1 N–H and O–H groups in total. The average Bonchev–Trinajstić information content (AvgIpc) is 3.30. The van der Waals surface area contributed by atoms with E-state index in [9.17, 15) is 13.2 Å². The molecule has 0 saturated heterocycles. The first-order chi connectivity index (χ1) is 16.8. The number of hydrogen-bond acceptors (Lipinski definition) is 7. The van der Waals surface area contributed by atoms with E-state index in [1.807, 2.05) is 30.3 Å². The fourth-order valence-corrected chi connectivity index (χ4v) is 6.78. The molecule has 1 amide bonds. The van der Waals surface area contributed by atoms with Crippen LogP contribution in [0.15, 0.2) is 88.1 Å². The van der Waals surface area contributed by atoms with Gasteiger partial charge in [0.15, 0.2) is 4.34 Å². The van der Waals surface area contributed by atoms with Gasteiger partial charge in [-0.15, -0.1) is 10.2 Å². The molecule has 0 unspecified atom stereocenters. The minimum Gasteiger partial charge on any atom is -0.299 e. The van der Waals surface area contributed by atoms with Gasteiger partial charge in [0.05, 0.1) is 15.6 Å². The molecule has 12 heteroatoms. The lowest BCUT2D eigenvalue weighted by Crippen LogP contribution is -2.38. The Hall–Kier alpha value is -2.63. The number of thioether (sulfide) groups is 1. The standard InChI is InChI=1S/C23H18Cl2N4O3S3/c24-17-11-12-20(19(25)13-17)29(35(31,32)18-9-5-2-6-10-18)14-21(30)26-22-27-28-23(34-22)33-15-16-7-3-1-4-8-16/h1-13H,14-15H2,(H,26,27,30). The Bertz CT molecular complexity index is 1420. The van der Waals surface area contributed by atoms with Gasteiger partial charge in [0.2, 0.25) is 11.0 Å². The zero-order valence-corrected chi connectivity index (χ0v) is 21.9. The number of rotatable bonds is 9. The first-order valence-electron chi connectivity index (χ1n) is 10.2. The molecular formula is C23H18Cl2N4O3S3. The second-order valence-corrected chi connectivity index (χ2v) is 12.0. The highest BCUT2D eigenvalue weighted by Gasteiger charge is 2.29. The zero-order chi connectivity index (χ0) is 24.8. The van der Waals surface area contributed by atoms with Crippen molar-refractivity contribution in [2.45, 2.75) is 15.0 Å². The Labute approximate surface area is 221 Å². The molecule has 4 rings (SSSR count). The molecule has 7 nitrogen and oxygen atoms in total. The molecule has 35 heavy (non-hydrogen) atoms. The second-order valence-electron chi connectivity index (χ2n) is 7.12. The van der Waals surface area contributed by atoms with Crippen LogP contribution >= 0.6 is 46.3 Å². The van der Waals surface area contributed by atoms with Crippen LogP contribution in [0, 0.1) is 0 Å². The average molecular weight is 566 g/mol. The molecule has 1 aromatic heterocycles. The van der Waals surface area contributed by atoms with Gasteiger partial charge in [-0.1, -0.05) is 94.8 Å². The van der Waals surface area contributed by atoms with Crippen molar-refractivity contribution in [1.82, 2.24) is 10.2 Å². The summed E-state index contributed by atoms with van der Waals surface area (Å²) in [6, 6.07) is 22.1. The van der Waals surface area contributed by atoms with Crippen LogP contribution in [0.25, 0.3) is 0 Å². The van der Waals surface area contributed by atoms with Crippen molar-refractivity contribution in [3.63, 3.8) is 0 Å². The molecule has 0 fully saturated rings. The van der Waals surface area contributed by atoms with Crippen LogP contribution < -0.4 is 9.62 Å². The lowest BCUT2D eigenvalue weighted by molar-refractivity contribution is -0.114. The molecule has 1 heterocycles. The third-order valence-corrected chi connectivity index (χ3v) is 9.01. The number of carbonyl (C=O) groups is 1. The van der Waals surface area contributed by atoms with E-state index in [0.717, 1.165) is 9.87 Å². The topological polar surface area (TPSA) is 92.3 Å². The van der Waals surface area contributed by atoms with E-state index in [1.54, 1.807) is 18.2 Å². The maximum absolute atomic E-state index is 13.4. The first-order valence-corrected chi connectivity index (χ1v) is 14.2. The minimum absolute atomic E-state index is 0.0225. The quantitative estimate of drug-likeness (QED) is 0.199. The van der Waals surface area contributed by atoms with Crippen LogP contribution in [0.2, 0.25) is 10.0 Å². The van der Waals surface area contributed by atoms with Crippen molar-refractivity contribution < 1.29 is 13.2 Å². The summed E-state index contributed by atoms with van der Waals surface area (Å²) >= 11 is 15.0. The van der Waals surface area contributed by atoms with Crippen LogP contribution in [-0.2, 0) is 20.6 Å². The normalized spacial score (nSPS) is 11.3. The van der Waals surface area contributed by atoms with Crippen molar-refractivity contribution in [3.8, 4) is 0 Å². The molecule has 3 aromatic carbocycles. The van der Waals surface area contributed by atoms with E-state index in [-0.39, 0.29) is 20.7 Å². The van der Waals surface area contributed by atoms with E-state index < -0.39 is 22.5 Å². The first kappa shape index (κ1) is 25.5. The van der Waals surface area contributed by atoms with E-state index in [4.69, 9.17) is 23.2 Å². The largest absolute Gasteiger partial charge is 0.299 e. The number of aromatic nitrogens is 2. The van der Waals surface area contributed by atoms with Gasteiger partial charge < -0.3 is 0 Å². The number of hydrogen-bond donors (Lipinski definition) is 1. The van der Waals surface area contributed by atoms with Crippen LogP contribution in [0.5, 0.6) is 0 Å². The van der Waals surface area contributed by atoms with E-state index in [0.29, 0.717) is 15.1 Å². The SMILES string of the molecule is O=C(CN(c1ccc(Cl)cc1Cl)S(=O)(=O)c1ccccc1)Nc1nnc(SCc2ccccc2)s1. The number of nitrogens with one attached hydrogen (secondary N) is 1. The third kappa shape index (κ3) is 6.53. The van der Waals surface area contributed by atoms with Gasteiger partial charge in [-0.05, 0) is 35.9 Å². The van der Waals surface area contributed by atoms with Crippen LogP contribution in [0.4, 0.5) is 10.8 Å². The summed E-state index contributed by atoms with van der Waals surface area (Å²) < 4.78 is 28.4. The van der Waals surface area contributed by atoms with E-state index in [2.05, 4.69) is 15.5 Å². The van der Waals surface area contributed by atoms with Gasteiger partial charge >= 0.3 is 0 Å². The molecule has 0 atom stereocenters. The lowest BCUT2D eigenvalue weighted by atomic mass is 10.2. The van der Waals surface area contributed by atoms with Crippen molar-refractivity contribution in [2.75, 3.05) is 16.2 Å². The fourth-order valence-electron chi connectivity index (χ4n) is 3.03. The summed E-state index contributed by atoms with van der Waals surface area (Å²) in [7, 11) is -4.10. The summed E-state index contributed by atoms with van der Waals surface area (Å²) in [6.07, 6.45) is 0. The number of anilines is 2. The monoisotopic (exact) mass is 564 g/mol. The molecule has 0 aliphatic heterocycles. The van der Waals surface area contributed by atoms with Gasteiger partial charge in [0.1, 0.15) is 6.54 Å². The number of amides is 1. The molecule has 180 valence electrons. The lowest BCUT2D eigenvalue weighted by Gasteiger charge is -2.24. The number of sulfonamides is 1. The van der Waals surface area contributed by atoms with Crippen LogP contribution in [-0.4, -0.2) is 31.1 Å². The molecule has 0 bridgehead atoms. The van der Waals surface area contributed by atoms with Crippen molar-refractivity contribution in [1.29, 1.82) is 0 Å². The smallest absolute Gasteiger partial charge is 0.264 e. The van der Waals surface area contributed by atoms with E-state index in [1.165, 1.54) is 53.4 Å². The van der Waals surface area contributed by atoms with Crippen LogP contribution in [0.1, 0.15) is 5.56 Å². The van der Waals surface area contributed by atoms with Gasteiger partial charge in [-0.3, -0.25) is 14.4 Å². The maximum atomic E-state index is 13.4. The van der Waals surface area contributed by atoms with Crippen LogP contribution in [0.3, 0.4) is 0 Å². The number of carbonyl (C=O) groups excluding carboxylic acids is 1. The molecule has 0 radical (unpaired) electrons.